The van der Waals surface area contributed by atoms with Crippen molar-refractivity contribution in [3.05, 3.63) is 18.0 Å². The molecule has 0 aromatic carbocycles. The van der Waals surface area contributed by atoms with E-state index in [1.54, 1.807) is 6.20 Å². The lowest BCUT2D eigenvalue weighted by atomic mass is 9.63. The zero-order valence-corrected chi connectivity index (χ0v) is 11.9. The Hall–Kier alpha value is -1.36. The second-order valence-electron chi connectivity index (χ2n) is 6.98. The van der Waals surface area contributed by atoms with E-state index >= 15 is 0 Å². The van der Waals surface area contributed by atoms with Gasteiger partial charge >= 0.3 is 0 Å². The van der Waals surface area contributed by atoms with Crippen molar-refractivity contribution in [2.75, 3.05) is 13.2 Å². The first-order chi connectivity index (χ1) is 9.59. The van der Waals surface area contributed by atoms with Crippen molar-refractivity contribution in [1.29, 1.82) is 0 Å². The van der Waals surface area contributed by atoms with Crippen LogP contribution in [-0.2, 0) is 16.1 Å². The van der Waals surface area contributed by atoms with Crippen molar-refractivity contribution < 1.29 is 9.53 Å². The summed E-state index contributed by atoms with van der Waals surface area (Å²) in [5.41, 5.74) is 1.36. The molecular formula is C15H21N3O2. The molecule has 20 heavy (non-hydrogen) atoms. The molecule has 0 radical (unpaired) electrons. The molecule has 5 heteroatoms. The number of ether oxygens (including phenoxy) is 1. The van der Waals surface area contributed by atoms with Crippen LogP contribution in [0.1, 0.15) is 44.2 Å². The summed E-state index contributed by atoms with van der Waals surface area (Å²) >= 11 is 0. The monoisotopic (exact) mass is 275 g/mol. The number of carbonyl (C=O) groups excluding carboxylic acids is 1. The van der Waals surface area contributed by atoms with Crippen LogP contribution in [0.25, 0.3) is 0 Å². The van der Waals surface area contributed by atoms with Gasteiger partial charge in [-0.05, 0) is 38.7 Å². The number of hydrogen-bond donors (Lipinski definition) is 1. The highest BCUT2D eigenvalue weighted by atomic mass is 16.5. The molecule has 108 valence electrons. The predicted octanol–water partition coefficient (Wildman–Crippen LogP) is 1.45. The van der Waals surface area contributed by atoms with E-state index in [1.807, 2.05) is 10.7 Å². The van der Waals surface area contributed by atoms with E-state index < -0.39 is 0 Å². The van der Waals surface area contributed by atoms with Crippen LogP contribution >= 0.6 is 0 Å². The largest absolute Gasteiger partial charge is 0.375 e. The van der Waals surface area contributed by atoms with E-state index in [0.717, 1.165) is 51.1 Å². The van der Waals surface area contributed by atoms with E-state index in [4.69, 9.17) is 4.74 Å². The van der Waals surface area contributed by atoms with Crippen molar-refractivity contribution in [1.82, 2.24) is 15.1 Å². The van der Waals surface area contributed by atoms with Gasteiger partial charge in [0.05, 0.1) is 23.8 Å². The Bertz CT molecular complexity index is 545. The number of nitrogens with one attached hydrogen (secondary N) is 1. The standard InChI is InChI=1S/C15H21N3O2/c1-14-7-15(8-14,10-20-14)9-16-13(19)11-3-2-6-18-12(11)4-5-17-18/h4-5,11H,2-3,6-10H2,1H3,(H,16,19). The van der Waals surface area contributed by atoms with Gasteiger partial charge in [0.15, 0.2) is 0 Å². The molecular weight excluding hydrogens is 254 g/mol. The van der Waals surface area contributed by atoms with Crippen molar-refractivity contribution >= 4 is 5.91 Å². The van der Waals surface area contributed by atoms with Crippen molar-refractivity contribution in [2.24, 2.45) is 5.41 Å². The molecule has 0 spiro atoms. The molecule has 2 saturated heterocycles. The highest BCUT2D eigenvalue weighted by molar-refractivity contribution is 5.83. The maximum absolute atomic E-state index is 12.5. The van der Waals surface area contributed by atoms with Crippen molar-refractivity contribution in [2.45, 2.75) is 50.7 Å². The Morgan fingerprint density at radius 3 is 3.20 bits per heavy atom. The van der Waals surface area contributed by atoms with Crippen molar-refractivity contribution in [3.8, 4) is 0 Å². The topological polar surface area (TPSA) is 56.2 Å². The second-order valence-corrected chi connectivity index (χ2v) is 6.98. The molecule has 1 N–H and O–H groups in total. The molecule has 1 unspecified atom stereocenters. The van der Waals surface area contributed by atoms with Gasteiger partial charge in [-0.25, -0.2) is 0 Å². The van der Waals surface area contributed by atoms with E-state index in [9.17, 15) is 4.79 Å². The smallest absolute Gasteiger partial charge is 0.229 e. The van der Waals surface area contributed by atoms with Gasteiger partial charge in [-0.3, -0.25) is 9.48 Å². The first kappa shape index (κ1) is 12.4. The predicted molar refractivity (Wildman–Crippen MR) is 73.2 cm³/mol. The van der Waals surface area contributed by atoms with E-state index in [2.05, 4.69) is 17.3 Å². The number of nitrogens with zero attached hydrogens (tertiary/aromatic N) is 2. The van der Waals surface area contributed by atoms with Crippen LogP contribution in [0.3, 0.4) is 0 Å². The third kappa shape index (κ3) is 1.79. The molecule has 2 bridgehead atoms. The Morgan fingerprint density at radius 2 is 2.45 bits per heavy atom. The number of hydrogen-bond acceptors (Lipinski definition) is 3. The average molecular weight is 275 g/mol. The van der Waals surface area contributed by atoms with Gasteiger partial charge in [-0.2, -0.15) is 5.10 Å². The van der Waals surface area contributed by atoms with Gasteiger partial charge in [0.1, 0.15) is 0 Å². The number of aromatic nitrogens is 2. The molecule has 5 rings (SSSR count). The lowest BCUT2D eigenvalue weighted by Crippen LogP contribution is -2.49. The Balaban J connectivity index is 1.40. The number of rotatable bonds is 3. The highest BCUT2D eigenvalue weighted by Gasteiger charge is 2.59. The average Bonchev–Trinajstić information content (AvgIpc) is 3.07. The molecule has 3 fully saturated rings. The minimum absolute atomic E-state index is 0.0311. The highest BCUT2D eigenvalue weighted by Crippen LogP contribution is 2.57. The molecule has 1 aromatic rings. The summed E-state index contributed by atoms with van der Waals surface area (Å²) in [5, 5.41) is 7.43. The summed E-state index contributed by atoms with van der Waals surface area (Å²) in [7, 11) is 0. The van der Waals surface area contributed by atoms with E-state index in [0.29, 0.717) is 0 Å². The lowest BCUT2D eigenvalue weighted by Gasteiger charge is -2.42. The number of aryl methyl sites for hydroxylation is 1. The minimum atomic E-state index is -0.0311. The molecule has 1 atom stereocenters. The van der Waals surface area contributed by atoms with Gasteiger partial charge in [0.25, 0.3) is 0 Å². The van der Waals surface area contributed by atoms with Crippen molar-refractivity contribution in [3.63, 3.8) is 0 Å². The summed E-state index contributed by atoms with van der Waals surface area (Å²) in [4.78, 5) is 12.5. The van der Waals surface area contributed by atoms with Gasteiger partial charge in [-0.1, -0.05) is 0 Å². The van der Waals surface area contributed by atoms with Crippen LogP contribution in [0.2, 0.25) is 0 Å². The molecule has 4 aliphatic rings. The van der Waals surface area contributed by atoms with Gasteiger partial charge < -0.3 is 10.1 Å². The summed E-state index contributed by atoms with van der Waals surface area (Å²) in [6.45, 7) is 4.65. The summed E-state index contributed by atoms with van der Waals surface area (Å²) in [5.74, 6) is 0.123. The molecule has 4 heterocycles. The van der Waals surface area contributed by atoms with Gasteiger partial charge in [0.2, 0.25) is 5.91 Å². The van der Waals surface area contributed by atoms with Gasteiger partial charge in [0, 0.05) is 24.7 Å². The SMILES string of the molecule is CC12CC(CNC(=O)C3CCCn4nccc43)(CO1)C2. The maximum atomic E-state index is 12.5. The van der Waals surface area contributed by atoms with Gasteiger partial charge in [-0.15, -0.1) is 0 Å². The Morgan fingerprint density at radius 1 is 1.60 bits per heavy atom. The van der Waals surface area contributed by atoms with Crippen LogP contribution in [-0.4, -0.2) is 34.4 Å². The molecule has 1 aromatic heterocycles. The first-order valence-corrected chi connectivity index (χ1v) is 7.53. The fourth-order valence-electron chi connectivity index (χ4n) is 4.32. The zero-order chi connectivity index (χ0) is 13.8. The lowest BCUT2D eigenvalue weighted by molar-refractivity contribution is -0.124. The maximum Gasteiger partial charge on any atom is 0.229 e. The molecule has 1 amide bonds. The summed E-state index contributed by atoms with van der Waals surface area (Å²) < 4.78 is 7.74. The zero-order valence-electron chi connectivity index (χ0n) is 11.9. The van der Waals surface area contributed by atoms with Crippen LogP contribution in [0.4, 0.5) is 0 Å². The van der Waals surface area contributed by atoms with E-state index in [1.165, 1.54) is 0 Å². The third-order valence-corrected chi connectivity index (χ3v) is 5.15. The van der Waals surface area contributed by atoms with Crippen LogP contribution in [0, 0.1) is 5.41 Å². The third-order valence-electron chi connectivity index (χ3n) is 5.15. The van der Waals surface area contributed by atoms with Crippen LogP contribution in [0.5, 0.6) is 0 Å². The minimum Gasteiger partial charge on any atom is -0.375 e. The molecule has 3 aliphatic heterocycles. The fraction of sp³-hybridized carbons (Fsp3) is 0.733. The summed E-state index contributed by atoms with van der Waals surface area (Å²) in [6.07, 6.45) is 5.92. The first-order valence-electron chi connectivity index (χ1n) is 7.53. The quantitative estimate of drug-likeness (QED) is 0.908. The van der Waals surface area contributed by atoms with Crippen LogP contribution < -0.4 is 5.32 Å². The fourth-order valence-corrected chi connectivity index (χ4v) is 4.32. The molecule has 1 saturated carbocycles. The summed E-state index contributed by atoms with van der Waals surface area (Å²) in [6, 6.07) is 1.97. The normalized spacial score (nSPS) is 38.1. The number of carbonyl (C=O) groups is 1. The molecule has 5 nitrogen and oxygen atoms in total. The van der Waals surface area contributed by atoms with E-state index in [-0.39, 0.29) is 22.8 Å². The second kappa shape index (κ2) is 4.07. The molecule has 1 aliphatic carbocycles. The number of fused-ring (bicyclic) bond motifs is 2. The number of amides is 1. The van der Waals surface area contributed by atoms with Crippen LogP contribution in [0.15, 0.2) is 12.3 Å². The Labute approximate surface area is 118 Å². The Kier molecular flexibility index (Phi) is 2.52.